The number of halogens is 5. The molecule has 45 heavy (non-hydrogen) atoms. The van der Waals surface area contributed by atoms with Crippen LogP contribution in [0.15, 0.2) is 30.7 Å². The van der Waals surface area contributed by atoms with Crippen LogP contribution in [0.25, 0.3) is 5.65 Å². The van der Waals surface area contributed by atoms with Gasteiger partial charge in [0.15, 0.2) is 5.65 Å². The molecule has 6 rings (SSSR count). The second-order valence-corrected chi connectivity index (χ2v) is 11.9. The first kappa shape index (κ1) is 32.6. The van der Waals surface area contributed by atoms with Crippen LogP contribution in [0.1, 0.15) is 92.6 Å². The van der Waals surface area contributed by atoms with Crippen molar-refractivity contribution < 1.29 is 36.3 Å². The number of nitrogens with one attached hydrogen (secondary N) is 2. The van der Waals surface area contributed by atoms with Gasteiger partial charge in [0, 0.05) is 30.6 Å². The number of carbonyl (C=O) groups excluding carboxylic acids is 2. The van der Waals surface area contributed by atoms with Crippen molar-refractivity contribution in [1.82, 2.24) is 39.9 Å². The number of alkyl halides is 5. The minimum atomic E-state index is -4.55. The SMILES string of the molecule is CC(C)n1nccc1C(=O)NCc1cn2ncc(C(COC3CC3)N3CC(C(F)(F)F)NC3=O)cc2n1.FC1(F)CCCCC1. The number of hydrogen-bond acceptors (Lipinski definition) is 6. The second-order valence-electron chi connectivity index (χ2n) is 11.9. The molecule has 2 aliphatic carbocycles. The number of ether oxygens (including phenoxy) is 1. The van der Waals surface area contributed by atoms with E-state index in [0.29, 0.717) is 35.4 Å². The van der Waals surface area contributed by atoms with Gasteiger partial charge in [-0.15, -0.1) is 0 Å². The van der Waals surface area contributed by atoms with Crippen LogP contribution in [-0.4, -0.2) is 78.6 Å². The van der Waals surface area contributed by atoms with E-state index in [0.717, 1.165) is 24.2 Å². The molecule has 11 nitrogen and oxygen atoms in total. The van der Waals surface area contributed by atoms with Crippen LogP contribution in [0.5, 0.6) is 0 Å². The fraction of sp³-hybridized carbons (Fsp3) is 0.621. The molecule has 3 fully saturated rings. The van der Waals surface area contributed by atoms with Crippen LogP contribution in [-0.2, 0) is 11.3 Å². The summed E-state index contributed by atoms with van der Waals surface area (Å²) in [4.78, 5) is 30.7. The highest BCUT2D eigenvalue weighted by molar-refractivity contribution is 5.92. The monoisotopic (exact) mass is 640 g/mol. The molecule has 16 heteroatoms. The highest BCUT2D eigenvalue weighted by atomic mass is 19.4. The number of hydrogen-bond donors (Lipinski definition) is 2. The minimum absolute atomic E-state index is 0.0227. The molecular formula is C29H37F5N8O3. The Kier molecular flexibility index (Phi) is 9.60. The molecule has 0 spiro atoms. The van der Waals surface area contributed by atoms with Gasteiger partial charge in [-0.3, -0.25) is 9.48 Å². The standard InChI is InChI=1S/C23H27F3N8O3.C6H10F2/c1-13(2)34-17(5-6-28-34)21(35)27-9-15-10-33-20(30-15)7-14(8-29-33)18(12-37-16-3-4-16)32-11-19(23(24,25)26)31-22(32)36;7-6(8)4-2-1-3-5-6/h5-8,10,13,16,18-19H,3-4,9,11-12H2,1-2H3,(H,27,35)(H,31,36);1-5H2. The maximum atomic E-state index is 13.3. The molecule has 3 aliphatic rings. The molecule has 3 aromatic rings. The third-order valence-corrected chi connectivity index (χ3v) is 7.91. The highest BCUT2D eigenvalue weighted by Crippen LogP contribution is 2.33. The van der Waals surface area contributed by atoms with Crippen molar-refractivity contribution in [1.29, 1.82) is 0 Å². The molecule has 0 aromatic carbocycles. The Morgan fingerprint density at radius 3 is 2.51 bits per heavy atom. The zero-order chi connectivity index (χ0) is 32.4. The van der Waals surface area contributed by atoms with Gasteiger partial charge in [-0.05, 0) is 51.7 Å². The molecule has 0 bridgehead atoms. The summed E-state index contributed by atoms with van der Waals surface area (Å²) in [6.07, 6.45) is 4.64. The van der Waals surface area contributed by atoms with E-state index in [2.05, 4.69) is 20.5 Å². The van der Waals surface area contributed by atoms with E-state index in [-0.39, 0.29) is 44.0 Å². The lowest BCUT2D eigenvalue weighted by molar-refractivity contribution is -0.150. The number of amides is 3. The van der Waals surface area contributed by atoms with Crippen molar-refractivity contribution in [3.05, 3.63) is 47.7 Å². The van der Waals surface area contributed by atoms with Gasteiger partial charge < -0.3 is 20.3 Å². The predicted molar refractivity (Wildman–Crippen MR) is 152 cm³/mol. The van der Waals surface area contributed by atoms with Gasteiger partial charge in [0.2, 0.25) is 5.92 Å². The van der Waals surface area contributed by atoms with Gasteiger partial charge in [-0.1, -0.05) is 6.42 Å². The summed E-state index contributed by atoms with van der Waals surface area (Å²) in [5.74, 6) is -2.62. The average Bonchev–Trinajstić information content (AvgIpc) is 3.33. The van der Waals surface area contributed by atoms with Crippen molar-refractivity contribution in [2.45, 2.75) is 102 Å². The van der Waals surface area contributed by atoms with Crippen LogP contribution in [0.2, 0.25) is 0 Å². The van der Waals surface area contributed by atoms with Gasteiger partial charge >= 0.3 is 12.2 Å². The maximum Gasteiger partial charge on any atom is 0.410 e. The fourth-order valence-electron chi connectivity index (χ4n) is 5.28. The summed E-state index contributed by atoms with van der Waals surface area (Å²) in [6.45, 7) is 3.51. The summed E-state index contributed by atoms with van der Waals surface area (Å²) < 4.78 is 73.1. The summed E-state index contributed by atoms with van der Waals surface area (Å²) in [5, 5.41) is 13.3. The van der Waals surface area contributed by atoms with Crippen molar-refractivity contribution in [3.63, 3.8) is 0 Å². The Labute approximate surface area is 256 Å². The molecular weight excluding hydrogens is 603 g/mol. The average molecular weight is 641 g/mol. The molecule has 2 atom stereocenters. The first-order chi connectivity index (χ1) is 21.3. The lowest BCUT2D eigenvalue weighted by atomic mass is 9.97. The molecule has 1 saturated heterocycles. The largest absolute Gasteiger partial charge is 0.410 e. The van der Waals surface area contributed by atoms with Gasteiger partial charge in [-0.2, -0.15) is 23.4 Å². The topological polar surface area (TPSA) is 119 Å². The lowest BCUT2D eigenvalue weighted by Gasteiger charge is -2.27. The summed E-state index contributed by atoms with van der Waals surface area (Å²) >= 11 is 0. The maximum absolute atomic E-state index is 13.3. The van der Waals surface area contributed by atoms with Crippen LogP contribution >= 0.6 is 0 Å². The van der Waals surface area contributed by atoms with E-state index in [1.165, 1.54) is 10.7 Å². The summed E-state index contributed by atoms with van der Waals surface area (Å²) in [7, 11) is 0. The Morgan fingerprint density at radius 1 is 1.18 bits per heavy atom. The van der Waals surface area contributed by atoms with E-state index in [1.54, 1.807) is 29.2 Å². The van der Waals surface area contributed by atoms with E-state index in [1.807, 2.05) is 19.2 Å². The number of nitrogens with zero attached hydrogens (tertiary/aromatic N) is 6. The fourth-order valence-corrected chi connectivity index (χ4v) is 5.28. The van der Waals surface area contributed by atoms with Crippen molar-refractivity contribution in [3.8, 4) is 0 Å². The van der Waals surface area contributed by atoms with Gasteiger partial charge in [-0.25, -0.2) is 23.1 Å². The summed E-state index contributed by atoms with van der Waals surface area (Å²) in [5.41, 5.74) is 1.90. The van der Waals surface area contributed by atoms with Crippen LogP contribution in [0, 0.1) is 0 Å². The van der Waals surface area contributed by atoms with E-state index in [9.17, 15) is 31.5 Å². The number of fused-ring (bicyclic) bond motifs is 1. The lowest BCUT2D eigenvalue weighted by Crippen LogP contribution is -2.40. The van der Waals surface area contributed by atoms with E-state index < -0.39 is 36.8 Å². The Morgan fingerprint density at radius 2 is 1.91 bits per heavy atom. The number of urea groups is 1. The van der Waals surface area contributed by atoms with Crippen molar-refractivity contribution in [2.24, 2.45) is 0 Å². The third-order valence-electron chi connectivity index (χ3n) is 7.91. The molecule has 2 unspecified atom stereocenters. The zero-order valence-corrected chi connectivity index (χ0v) is 25.1. The molecule has 4 heterocycles. The quantitative estimate of drug-likeness (QED) is 0.311. The molecule has 0 radical (unpaired) electrons. The molecule has 3 amide bonds. The highest BCUT2D eigenvalue weighted by Gasteiger charge is 2.49. The first-order valence-corrected chi connectivity index (χ1v) is 15.1. The van der Waals surface area contributed by atoms with E-state index in [4.69, 9.17) is 4.74 Å². The zero-order valence-electron chi connectivity index (χ0n) is 25.1. The summed E-state index contributed by atoms with van der Waals surface area (Å²) in [6, 6.07) is -0.195. The normalized spacial score (nSPS) is 20.6. The van der Waals surface area contributed by atoms with Crippen molar-refractivity contribution >= 4 is 17.6 Å². The smallest absolute Gasteiger partial charge is 0.376 e. The molecule has 1 aliphatic heterocycles. The number of imidazole rings is 1. The van der Waals surface area contributed by atoms with Crippen LogP contribution in [0.3, 0.4) is 0 Å². The van der Waals surface area contributed by atoms with Gasteiger partial charge in [0.25, 0.3) is 5.91 Å². The Bertz CT molecular complexity index is 1480. The first-order valence-electron chi connectivity index (χ1n) is 15.1. The second kappa shape index (κ2) is 13.3. The number of aromatic nitrogens is 5. The van der Waals surface area contributed by atoms with Gasteiger partial charge in [0.05, 0.1) is 49.9 Å². The molecule has 3 aromatic heterocycles. The van der Waals surface area contributed by atoms with Gasteiger partial charge in [0.1, 0.15) is 11.7 Å². The number of rotatable bonds is 9. The minimum Gasteiger partial charge on any atom is -0.376 e. The predicted octanol–water partition coefficient (Wildman–Crippen LogP) is 5.20. The number of carbonyl (C=O) groups is 2. The molecule has 246 valence electrons. The van der Waals surface area contributed by atoms with Crippen molar-refractivity contribution in [2.75, 3.05) is 13.2 Å². The van der Waals surface area contributed by atoms with Crippen LogP contribution in [0.4, 0.5) is 26.7 Å². The van der Waals surface area contributed by atoms with E-state index >= 15 is 0 Å². The third kappa shape index (κ3) is 8.27. The molecule has 2 saturated carbocycles. The molecule has 2 N–H and O–H groups in total. The van der Waals surface area contributed by atoms with Crippen LogP contribution < -0.4 is 10.6 Å². The Balaban J connectivity index is 0.000000436. The Hall–Kier alpha value is -3.82.